The fourth-order valence-electron chi connectivity index (χ4n) is 3.37. The molecule has 0 aromatic heterocycles. The smallest absolute Gasteiger partial charge is 0.211 e. The standard InChI is InChI=1S/C26H26O7/c1-29-23-21(22(28)24(30-2)26(32-4)25(23)31-3)19(27)15-14-18-12-8-9-13-20(18)33-16-17-10-6-5-7-11-17/h5-15,28H,16H2,1-4H3. The lowest BCUT2D eigenvalue weighted by molar-refractivity contribution is 0.104. The highest BCUT2D eigenvalue weighted by molar-refractivity contribution is 6.12. The van der Waals surface area contributed by atoms with E-state index in [1.807, 2.05) is 54.6 Å². The van der Waals surface area contributed by atoms with Gasteiger partial charge in [0, 0.05) is 5.56 Å². The molecule has 0 saturated heterocycles. The van der Waals surface area contributed by atoms with Gasteiger partial charge < -0.3 is 28.8 Å². The van der Waals surface area contributed by atoms with Crippen molar-refractivity contribution < 1.29 is 33.6 Å². The van der Waals surface area contributed by atoms with Crippen LogP contribution in [0.25, 0.3) is 6.08 Å². The number of hydrogen-bond acceptors (Lipinski definition) is 7. The molecule has 0 fully saturated rings. The number of hydrogen-bond donors (Lipinski definition) is 1. The van der Waals surface area contributed by atoms with Crippen LogP contribution in [0.3, 0.4) is 0 Å². The molecular formula is C26H26O7. The Balaban J connectivity index is 1.94. The summed E-state index contributed by atoms with van der Waals surface area (Å²) in [7, 11) is 5.53. The van der Waals surface area contributed by atoms with Gasteiger partial charge in [0.2, 0.25) is 17.2 Å². The Morgan fingerprint density at radius 1 is 0.788 bits per heavy atom. The molecule has 0 aliphatic heterocycles. The SMILES string of the molecule is COc1c(O)c(C(=O)C=Cc2ccccc2OCc2ccccc2)c(OC)c(OC)c1OC. The predicted octanol–water partition coefficient (Wildman–Crippen LogP) is 4.90. The summed E-state index contributed by atoms with van der Waals surface area (Å²) < 4.78 is 27.2. The summed E-state index contributed by atoms with van der Waals surface area (Å²) in [6, 6.07) is 17.1. The molecule has 172 valence electrons. The van der Waals surface area contributed by atoms with Crippen LogP contribution in [0.1, 0.15) is 21.5 Å². The lowest BCUT2D eigenvalue weighted by Crippen LogP contribution is -2.06. The average molecular weight is 450 g/mol. The first-order valence-corrected chi connectivity index (χ1v) is 10.1. The van der Waals surface area contributed by atoms with E-state index in [0.29, 0.717) is 17.9 Å². The minimum absolute atomic E-state index is 0.0292. The molecule has 0 spiro atoms. The molecule has 3 rings (SSSR count). The van der Waals surface area contributed by atoms with Gasteiger partial charge >= 0.3 is 0 Å². The zero-order valence-corrected chi connectivity index (χ0v) is 19.0. The number of carbonyl (C=O) groups excluding carboxylic acids is 1. The monoisotopic (exact) mass is 450 g/mol. The van der Waals surface area contributed by atoms with Crippen LogP contribution >= 0.6 is 0 Å². The molecule has 3 aromatic rings. The molecule has 7 heteroatoms. The van der Waals surface area contributed by atoms with Gasteiger partial charge in [0.05, 0.1) is 28.4 Å². The zero-order chi connectivity index (χ0) is 23.8. The van der Waals surface area contributed by atoms with Crippen molar-refractivity contribution in [2.75, 3.05) is 28.4 Å². The quantitative estimate of drug-likeness (QED) is 0.347. The number of phenols is 1. The van der Waals surface area contributed by atoms with Crippen molar-refractivity contribution in [2.24, 2.45) is 0 Å². The highest BCUT2D eigenvalue weighted by atomic mass is 16.5. The molecule has 0 heterocycles. The molecule has 7 nitrogen and oxygen atoms in total. The van der Waals surface area contributed by atoms with E-state index < -0.39 is 11.5 Å². The molecule has 33 heavy (non-hydrogen) atoms. The second-order valence-corrected chi connectivity index (χ2v) is 6.87. The Hall–Kier alpha value is -4.13. The van der Waals surface area contributed by atoms with Crippen LogP contribution < -0.4 is 23.7 Å². The highest BCUT2D eigenvalue weighted by Gasteiger charge is 2.30. The number of methoxy groups -OCH3 is 4. The Labute approximate surface area is 192 Å². The number of carbonyl (C=O) groups is 1. The molecule has 0 saturated carbocycles. The summed E-state index contributed by atoms with van der Waals surface area (Å²) in [6.45, 7) is 0.390. The number of rotatable bonds is 10. The van der Waals surface area contributed by atoms with Crippen LogP contribution in [-0.4, -0.2) is 39.3 Å². The second kappa shape index (κ2) is 10.9. The topological polar surface area (TPSA) is 83.5 Å². The van der Waals surface area contributed by atoms with Crippen molar-refractivity contribution in [2.45, 2.75) is 6.61 Å². The molecule has 0 radical (unpaired) electrons. The summed E-state index contributed by atoms with van der Waals surface area (Å²) in [5.41, 5.74) is 1.62. The van der Waals surface area contributed by atoms with Crippen molar-refractivity contribution in [1.29, 1.82) is 0 Å². The highest BCUT2D eigenvalue weighted by Crippen LogP contribution is 2.53. The number of aromatic hydroxyl groups is 1. The zero-order valence-electron chi connectivity index (χ0n) is 19.0. The number of benzene rings is 3. The summed E-state index contributed by atoms with van der Waals surface area (Å²) in [4.78, 5) is 13.1. The van der Waals surface area contributed by atoms with Gasteiger partial charge in [0.1, 0.15) is 17.9 Å². The average Bonchev–Trinajstić information content (AvgIpc) is 2.86. The number of ketones is 1. The number of phenolic OH excluding ortho intramolecular Hbond substituents is 1. The van der Waals surface area contributed by atoms with Gasteiger partial charge in [-0.25, -0.2) is 0 Å². The van der Waals surface area contributed by atoms with Gasteiger partial charge in [0.15, 0.2) is 17.3 Å². The summed E-state index contributed by atoms with van der Waals surface area (Å²) >= 11 is 0. The third-order valence-electron chi connectivity index (χ3n) is 4.93. The number of para-hydroxylation sites is 1. The molecule has 0 bridgehead atoms. The number of allylic oxidation sites excluding steroid dienone is 1. The van der Waals surface area contributed by atoms with Crippen LogP contribution in [0.4, 0.5) is 0 Å². The molecule has 0 unspecified atom stereocenters. The molecule has 1 N–H and O–H groups in total. The van der Waals surface area contributed by atoms with E-state index in [-0.39, 0.29) is 28.6 Å². The van der Waals surface area contributed by atoms with Gasteiger partial charge in [-0.1, -0.05) is 48.5 Å². The molecule has 0 aliphatic carbocycles. The maximum atomic E-state index is 13.1. The maximum absolute atomic E-state index is 13.1. The van der Waals surface area contributed by atoms with Crippen LogP contribution in [-0.2, 0) is 6.61 Å². The van der Waals surface area contributed by atoms with E-state index in [0.717, 1.165) is 5.56 Å². The van der Waals surface area contributed by atoms with Crippen LogP contribution in [0.2, 0.25) is 0 Å². The van der Waals surface area contributed by atoms with Crippen molar-refractivity contribution >= 4 is 11.9 Å². The Kier molecular flexibility index (Phi) is 7.81. The molecular weight excluding hydrogens is 424 g/mol. The molecule has 0 amide bonds. The van der Waals surface area contributed by atoms with Crippen molar-refractivity contribution in [3.8, 4) is 34.5 Å². The van der Waals surface area contributed by atoms with Gasteiger partial charge in [0.25, 0.3) is 0 Å². The minimum atomic E-state index is -0.513. The van der Waals surface area contributed by atoms with E-state index in [2.05, 4.69) is 0 Å². The van der Waals surface area contributed by atoms with Gasteiger partial charge in [-0.2, -0.15) is 0 Å². The van der Waals surface area contributed by atoms with Gasteiger partial charge in [-0.05, 0) is 23.8 Å². The first-order chi connectivity index (χ1) is 16.0. The third-order valence-corrected chi connectivity index (χ3v) is 4.93. The normalized spacial score (nSPS) is 10.7. The summed E-state index contributed by atoms with van der Waals surface area (Å²) in [5.74, 6) is -0.0369. The first-order valence-electron chi connectivity index (χ1n) is 10.1. The fraction of sp³-hybridized carbons (Fsp3) is 0.192. The Bertz CT molecular complexity index is 1140. The van der Waals surface area contributed by atoms with Crippen molar-refractivity contribution in [1.82, 2.24) is 0 Å². The van der Waals surface area contributed by atoms with Crippen LogP contribution in [0.15, 0.2) is 60.7 Å². The lowest BCUT2D eigenvalue weighted by Gasteiger charge is -2.19. The fourth-order valence-corrected chi connectivity index (χ4v) is 3.37. The largest absolute Gasteiger partial charge is 0.504 e. The van der Waals surface area contributed by atoms with E-state index in [9.17, 15) is 9.90 Å². The van der Waals surface area contributed by atoms with Crippen molar-refractivity contribution in [3.05, 3.63) is 77.4 Å². The van der Waals surface area contributed by atoms with Crippen molar-refractivity contribution in [3.63, 3.8) is 0 Å². The Morgan fingerprint density at radius 3 is 2.00 bits per heavy atom. The van der Waals surface area contributed by atoms with Crippen LogP contribution in [0, 0.1) is 0 Å². The lowest BCUT2D eigenvalue weighted by atomic mass is 10.0. The summed E-state index contributed by atoms with van der Waals surface area (Å²) in [5, 5.41) is 10.7. The predicted molar refractivity (Wildman–Crippen MR) is 125 cm³/mol. The molecule has 3 aromatic carbocycles. The minimum Gasteiger partial charge on any atom is -0.504 e. The maximum Gasteiger partial charge on any atom is 0.211 e. The Morgan fingerprint density at radius 2 is 1.36 bits per heavy atom. The van der Waals surface area contributed by atoms with E-state index in [1.165, 1.54) is 34.5 Å². The first kappa shape index (κ1) is 23.5. The van der Waals surface area contributed by atoms with E-state index >= 15 is 0 Å². The summed E-state index contributed by atoms with van der Waals surface area (Å²) in [6.07, 6.45) is 2.94. The number of ether oxygens (including phenoxy) is 5. The third kappa shape index (κ3) is 5.03. The van der Waals surface area contributed by atoms with Gasteiger partial charge in [-0.15, -0.1) is 0 Å². The molecule has 0 atom stereocenters. The van der Waals surface area contributed by atoms with Gasteiger partial charge in [-0.3, -0.25) is 4.79 Å². The second-order valence-electron chi connectivity index (χ2n) is 6.87. The van der Waals surface area contributed by atoms with E-state index in [4.69, 9.17) is 23.7 Å². The van der Waals surface area contributed by atoms with E-state index in [1.54, 1.807) is 6.08 Å². The molecule has 0 aliphatic rings. The van der Waals surface area contributed by atoms with Crippen LogP contribution in [0.5, 0.6) is 34.5 Å².